The fourth-order valence-electron chi connectivity index (χ4n) is 2.35. The number of rotatable bonds is 4. The highest BCUT2D eigenvalue weighted by atomic mass is 32.2. The average molecular weight is 258 g/mol. The van der Waals surface area contributed by atoms with Gasteiger partial charge in [0.2, 0.25) is 10.0 Å². The monoisotopic (exact) mass is 258 g/mol. The normalized spacial score (nSPS) is 25.3. The summed E-state index contributed by atoms with van der Waals surface area (Å²) in [6, 6.07) is -0.0423. The van der Waals surface area contributed by atoms with Crippen LogP contribution in [0.25, 0.3) is 0 Å². The van der Waals surface area contributed by atoms with Crippen LogP contribution in [0.15, 0.2) is 11.1 Å². The van der Waals surface area contributed by atoms with Gasteiger partial charge in [0.1, 0.15) is 4.90 Å². The molecular weight excluding hydrogens is 240 g/mol. The Bertz CT molecular complexity index is 482. The summed E-state index contributed by atoms with van der Waals surface area (Å²) in [4.78, 5) is 0.222. The summed E-state index contributed by atoms with van der Waals surface area (Å²) in [5.41, 5.74) is 6.19. The first-order valence-electron chi connectivity index (χ1n) is 5.77. The number of nitrogens with two attached hydrogens (primary N) is 1. The number of H-pyrrole nitrogens is 1. The van der Waals surface area contributed by atoms with Gasteiger partial charge in [-0.2, -0.15) is 5.10 Å². The molecule has 0 aromatic carbocycles. The van der Waals surface area contributed by atoms with Crippen LogP contribution in [0.2, 0.25) is 0 Å². The highest BCUT2D eigenvalue weighted by molar-refractivity contribution is 7.89. The SMILES string of the molecule is Cc1[nH]ncc1S(=O)(=O)NC1CCCC1CN. The molecule has 96 valence electrons. The molecule has 1 aromatic heterocycles. The molecule has 0 saturated heterocycles. The Morgan fingerprint density at radius 1 is 1.59 bits per heavy atom. The minimum absolute atomic E-state index is 0.0423. The van der Waals surface area contributed by atoms with E-state index in [2.05, 4.69) is 14.9 Å². The van der Waals surface area contributed by atoms with Gasteiger partial charge in [-0.3, -0.25) is 5.10 Å². The zero-order chi connectivity index (χ0) is 12.5. The van der Waals surface area contributed by atoms with Crippen molar-refractivity contribution in [1.82, 2.24) is 14.9 Å². The molecule has 1 heterocycles. The molecule has 1 aliphatic rings. The van der Waals surface area contributed by atoms with Crippen LogP contribution in [-0.2, 0) is 10.0 Å². The van der Waals surface area contributed by atoms with Crippen LogP contribution in [0.3, 0.4) is 0 Å². The Morgan fingerprint density at radius 2 is 2.35 bits per heavy atom. The molecule has 1 aliphatic carbocycles. The van der Waals surface area contributed by atoms with Crippen molar-refractivity contribution in [1.29, 1.82) is 0 Å². The topological polar surface area (TPSA) is 101 Å². The zero-order valence-corrected chi connectivity index (χ0v) is 10.6. The van der Waals surface area contributed by atoms with Crippen LogP contribution in [0, 0.1) is 12.8 Å². The second kappa shape index (κ2) is 4.75. The average Bonchev–Trinajstić information content (AvgIpc) is 2.86. The van der Waals surface area contributed by atoms with E-state index >= 15 is 0 Å². The Hall–Kier alpha value is -0.920. The van der Waals surface area contributed by atoms with Crippen LogP contribution in [-0.4, -0.2) is 31.2 Å². The Balaban J connectivity index is 2.16. The van der Waals surface area contributed by atoms with Crippen molar-refractivity contribution < 1.29 is 8.42 Å². The molecule has 1 aromatic rings. The van der Waals surface area contributed by atoms with E-state index in [1.807, 2.05) is 0 Å². The van der Waals surface area contributed by atoms with Gasteiger partial charge in [0, 0.05) is 6.04 Å². The maximum atomic E-state index is 12.1. The van der Waals surface area contributed by atoms with Gasteiger partial charge in [-0.1, -0.05) is 6.42 Å². The quantitative estimate of drug-likeness (QED) is 0.714. The summed E-state index contributed by atoms with van der Waals surface area (Å²) >= 11 is 0. The van der Waals surface area contributed by atoms with Gasteiger partial charge >= 0.3 is 0 Å². The summed E-state index contributed by atoms with van der Waals surface area (Å²) < 4.78 is 27.0. The predicted octanol–water partition coefficient (Wildman–Crippen LogP) is 0.124. The number of sulfonamides is 1. The standard InChI is InChI=1S/C10H18N4O2S/c1-7-10(6-12-13-7)17(15,16)14-9-4-2-3-8(9)5-11/h6,8-9,14H,2-5,11H2,1H3,(H,12,13). The molecule has 0 radical (unpaired) electrons. The first kappa shape index (κ1) is 12.5. The van der Waals surface area contributed by atoms with Gasteiger partial charge in [0.15, 0.2) is 0 Å². The number of hydrogen-bond acceptors (Lipinski definition) is 4. The molecule has 1 saturated carbocycles. The highest BCUT2D eigenvalue weighted by Crippen LogP contribution is 2.26. The van der Waals surface area contributed by atoms with Gasteiger partial charge in [0.05, 0.1) is 11.9 Å². The summed E-state index contributed by atoms with van der Waals surface area (Å²) in [6.45, 7) is 2.22. The van der Waals surface area contributed by atoms with Crippen molar-refractivity contribution in [2.24, 2.45) is 11.7 Å². The van der Waals surface area contributed by atoms with Gasteiger partial charge < -0.3 is 5.73 Å². The number of nitrogens with zero attached hydrogens (tertiary/aromatic N) is 1. The molecule has 0 spiro atoms. The van der Waals surface area contributed by atoms with Crippen LogP contribution >= 0.6 is 0 Å². The molecule has 4 N–H and O–H groups in total. The third-order valence-corrected chi connectivity index (χ3v) is 4.95. The number of aromatic amines is 1. The minimum atomic E-state index is -3.47. The van der Waals surface area contributed by atoms with Crippen molar-refractivity contribution in [3.8, 4) is 0 Å². The van der Waals surface area contributed by atoms with Crippen LogP contribution < -0.4 is 10.5 Å². The summed E-state index contributed by atoms with van der Waals surface area (Å²) in [5, 5.41) is 6.36. The lowest BCUT2D eigenvalue weighted by Gasteiger charge is -2.19. The molecule has 0 bridgehead atoms. The van der Waals surface area contributed by atoms with E-state index in [0.717, 1.165) is 19.3 Å². The van der Waals surface area contributed by atoms with E-state index in [0.29, 0.717) is 12.2 Å². The third kappa shape index (κ3) is 2.51. The van der Waals surface area contributed by atoms with Crippen LogP contribution in [0.4, 0.5) is 0 Å². The van der Waals surface area contributed by atoms with Gasteiger partial charge in [-0.25, -0.2) is 13.1 Å². The zero-order valence-electron chi connectivity index (χ0n) is 9.81. The van der Waals surface area contributed by atoms with Gasteiger partial charge in [-0.15, -0.1) is 0 Å². The fraction of sp³-hybridized carbons (Fsp3) is 0.700. The lowest BCUT2D eigenvalue weighted by Crippen LogP contribution is -2.39. The molecule has 17 heavy (non-hydrogen) atoms. The molecule has 7 heteroatoms. The van der Waals surface area contributed by atoms with E-state index in [1.165, 1.54) is 6.20 Å². The lowest BCUT2D eigenvalue weighted by atomic mass is 10.1. The first-order chi connectivity index (χ1) is 8.04. The molecule has 2 atom stereocenters. The number of hydrogen-bond donors (Lipinski definition) is 3. The van der Waals surface area contributed by atoms with E-state index in [-0.39, 0.29) is 16.9 Å². The molecule has 1 fully saturated rings. The minimum Gasteiger partial charge on any atom is -0.330 e. The smallest absolute Gasteiger partial charge is 0.244 e. The fourth-order valence-corrected chi connectivity index (χ4v) is 3.82. The summed E-state index contributed by atoms with van der Waals surface area (Å²) in [7, 11) is -3.47. The van der Waals surface area contributed by atoms with Crippen LogP contribution in [0.1, 0.15) is 25.0 Å². The van der Waals surface area contributed by atoms with E-state index < -0.39 is 10.0 Å². The van der Waals surface area contributed by atoms with Crippen molar-refractivity contribution in [3.05, 3.63) is 11.9 Å². The van der Waals surface area contributed by atoms with Gasteiger partial charge in [0.25, 0.3) is 0 Å². The van der Waals surface area contributed by atoms with E-state index in [4.69, 9.17) is 5.73 Å². The summed E-state index contributed by atoms with van der Waals surface area (Å²) in [5.74, 6) is 0.247. The second-order valence-electron chi connectivity index (χ2n) is 4.51. The third-order valence-electron chi connectivity index (χ3n) is 3.34. The molecular formula is C10H18N4O2S. The Morgan fingerprint density at radius 3 is 2.94 bits per heavy atom. The predicted molar refractivity (Wildman–Crippen MR) is 63.8 cm³/mol. The number of aromatic nitrogens is 2. The van der Waals surface area contributed by atoms with Crippen molar-refractivity contribution in [2.75, 3.05) is 6.54 Å². The van der Waals surface area contributed by atoms with E-state index in [9.17, 15) is 8.42 Å². The Kier molecular flexibility index (Phi) is 3.50. The van der Waals surface area contributed by atoms with Crippen molar-refractivity contribution in [3.63, 3.8) is 0 Å². The number of aryl methyl sites for hydroxylation is 1. The Labute approximate surface area is 101 Å². The largest absolute Gasteiger partial charge is 0.330 e. The van der Waals surface area contributed by atoms with Crippen molar-refractivity contribution >= 4 is 10.0 Å². The second-order valence-corrected chi connectivity index (χ2v) is 6.20. The van der Waals surface area contributed by atoms with Crippen LogP contribution in [0.5, 0.6) is 0 Å². The van der Waals surface area contributed by atoms with Crippen molar-refractivity contribution in [2.45, 2.75) is 37.1 Å². The molecule has 2 unspecified atom stereocenters. The van der Waals surface area contributed by atoms with Gasteiger partial charge in [-0.05, 0) is 32.2 Å². The van der Waals surface area contributed by atoms with E-state index in [1.54, 1.807) is 6.92 Å². The molecule has 2 rings (SSSR count). The first-order valence-corrected chi connectivity index (χ1v) is 7.25. The molecule has 6 nitrogen and oxygen atoms in total. The molecule has 0 amide bonds. The number of nitrogens with one attached hydrogen (secondary N) is 2. The lowest BCUT2D eigenvalue weighted by molar-refractivity contribution is 0.453. The highest BCUT2D eigenvalue weighted by Gasteiger charge is 2.31. The maximum absolute atomic E-state index is 12.1. The molecule has 0 aliphatic heterocycles. The summed E-state index contributed by atoms with van der Waals surface area (Å²) in [6.07, 6.45) is 4.22. The maximum Gasteiger partial charge on any atom is 0.244 e.